The first-order valence-electron chi connectivity index (χ1n) is 9.90. The molecule has 1 fully saturated rings. The van der Waals surface area contributed by atoms with E-state index in [4.69, 9.17) is 38.0 Å². The number of nitrogens with zero attached hydrogens (tertiary/aromatic N) is 1. The van der Waals surface area contributed by atoms with Crippen molar-refractivity contribution in [2.75, 3.05) is 26.9 Å². The van der Waals surface area contributed by atoms with Gasteiger partial charge in [0.15, 0.2) is 11.5 Å². The van der Waals surface area contributed by atoms with E-state index in [2.05, 4.69) is 0 Å². The van der Waals surface area contributed by atoms with Crippen LogP contribution < -0.4 is 9.47 Å². The third-order valence-corrected chi connectivity index (χ3v) is 6.11. The van der Waals surface area contributed by atoms with Crippen LogP contribution in [0.25, 0.3) is 6.08 Å². The minimum Gasteiger partial charge on any atom is -0.490 e. The molecule has 0 unspecified atom stereocenters. The Morgan fingerprint density at radius 2 is 1.90 bits per heavy atom. The van der Waals surface area contributed by atoms with Gasteiger partial charge in [-0.05, 0) is 54.8 Å². The Hall–Kier alpha value is -2.06. The molecule has 0 radical (unpaired) electrons. The van der Waals surface area contributed by atoms with Gasteiger partial charge in [0.1, 0.15) is 10.9 Å². The number of carbonyl (C=O) groups is 1. The topological polar surface area (TPSA) is 48.0 Å². The molecular formula is C23H24ClNO4S2. The molecule has 1 aliphatic heterocycles. The fraction of sp³-hybridized carbons (Fsp3) is 0.304. The van der Waals surface area contributed by atoms with E-state index < -0.39 is 0 Å². The van der Waals surface area contributed by atoms with Crippen molar-refractivity contribution in [2.24, 2.45) is 0 Å². The van der Waals surface area contributed by atoms with Crippen molar-refractivity contribution in [3.05, 3.63) is 63.5 Å². The van der Waals surface area contributed by atoms with Gasteiger partial charge in [0.2, 0.25) is 0 Å². The van der Waals surface area contributed by atoms with Crippen LogP contribution >= 0.6 is 35.6 Å². The monoisotopic (exact) mass is 477 g/mol. The molecule has 0 bridgehead atoms. The number of hydrogen-bond acceptors (Lipinski definition) is 6. The molecule has 1 aliphatic rings. The van der Waals surface area contributed by atoms with Gasteiger partial charge in [-0.15, -0.1) is 0 Å². The number of carbonyl (C=O) groups excluding carboxylic acids is 1. The van der Waals surface area contributed by atoms with Crippen LogP contribution in [0.3, 0.4) is 0 Å². The number of amides is 1. The molecule has 5 nitrogen and oxygen atoms in total. The Bertz CT molecular complexity index is 963. The molecule has 1 amide bonds. The normalized spacial score (nSPS) is 15.1. The van der Waals surface area contributed by atoms with Gasteiger partial charge >= 0.3 is 0 Å². The van der Waals surface area contributed by atoms with Crippen molar-refractivity contribution in [3.63, 3.8) is 0 Å². The Morgan fingerprint density at radius 3 is 2.61 bits per heavy atom. The van der Waals surface area contributed by atoms with Crippen molar-refractivity contribution in [1.82, 2.24) is 4.90 Å². The van der Waals surface area contributed by atoms with Crippen LogP contribution in [0.1, 0.15) is 24.5 Å². The van der Waals surface area contributed by atoms with E-state index in [0.29, 0.717) is 52.1 Å². The summed E-state index contributed by atoms with van der Waals surface area (Å²) < 4.78 is 17.3. The first-order chi connectivity index (χ1) is 15.0. The number of benzene rings is 2. The molecule has 0 aliphatic carbocycles. The highest BCUT2D eigenvalue weighted by atomic mass is 35.5. The first-order valence-corrected chi connectivity index (χ1v) is 11.5. The molecule has 3 rings (SSSR count). The minimum absolute atomic E-state index is 0.0767. The van der Waals surface area contributed by atoms with Crippen LogP contribution in [-0.4, -0.2) is 42.0 Å². The van der Waals surface area contributed by atoms with Crippen molar-refractivity contribution in [1.29, 1.82) is 0 Å². The molecule has 0 spiro atoms. The Labute approximate surface area is 197 Å². The summed E-state index contributed by atoms with van der Waals surface area (Å²) in [5.74, 6) is 1.19. The number of halogens is 1. The zero-order valence-corrected chi connectivity index (χ0v) is 19.8. The van der Waals surface area contributed by atoms with Gasteiger partial charge in [-0.2, -0.15) is 0 Å². The second-order valence-electron chi connectivity index (χ2n) is 6.73. The molecule has 0 aromatic heterocycles. The average molecular weight is 478 g/mol. The summed E-state index contributed by atoms with van der Waals surface area (Å²) >= 11 is 12.6. The number of thiocarbonyl (C=S) groups is 1. The summed E-state index contributed by atoms with van der Waals surface area (Å²) in [7, 11) is 1.64. The number of methoxy groups -OCH3 is 1. The predicted octanol–water partition coefficient (Wildman–Crippen LogP) is 5.56. The van der Waals surface area contributed by atoms with Crippen molar-refractivity contribution >= 4 is 51.9 Å². The number of rotatable bonds is 10. The number of thioether (sulfide) groups is 1. The summed E-state index contributed by atoms with van der Waals surface area (Å²) in [6.45, 7) is 3.96. The molecule has 31 heavy (non-hydrogen) atoms. The van der Waals surface area contributed by atoms with Crippen LogP contribution in [0.2, 0.25) is 5.02 Å². The molecule has 0 saturated carbocycles. The van der Waals surface area contributed by atoms with E-state index >= 15 is 0 Å². The maximum Gasteiger partial charge on any atom is 0.266 e. The predicted molar refractivity (Wildman–Crippen MR) is 130 cm³/mol. The van der Waals surface area contributed by atoms with E-state index in [0.717, 1.165) is 17.5 Å². The molecule has 2 aromatic carbocycles. The molecule has 0 atom stereocenters. The minimum atomic E-state index is -0.0767. The van der Waals surface area contributed by atoms with Gasteiger partial charge in [0.25, 0.3) is 5.91 Å². The van der Waals surface area contributed by atoms with Gasteiger partial charge in [-0.3, -0.25) is 9.69 Å². The van der Waals surface area contributed by atoms with Crippen LogP contribution in [0, 0.1) is 0 Å². The third-order valence-electron chi connectivity index (χ3n) is 4.48. The summed E-state index contributed by atoms with van der Waals surface area (Å²) in [5.41, 5.74) is 1.85. The highest BCUT2D eigenvalue weighted by Crippen LogP contribution is 2.35. The van der Waals surface area contributed by atoms with E-state index in [1.165, 1.54) is 11.8 Å². The second-order valence-corrected chi connectivity index (χ2v) is 8.85. The van der Waals surface area contributed by atoms with E-state index in [9.17, 15) is 4.79 Å². The Balaban J connectivity index is 1.73. The van der Waals surface area contributed by atoms with Crippen molar-refractivity contribution in [3.8, 4) is 11.5 Å². The van der Waals surface area contributed by atoms with Gasteiger partial charge in [0.05, 0.1) is 11.5 Å². The lowest BCUT2D eigenvalue weighted by molar-refractivity contribution is -0.122. The molecule has 8 heteroatoms. The highest BCUT2D eigenvalue weighted by Gasteiger charge is 2.31. The quantitative estimate of drug-likeness (QED) is 0.254. The Kier molecular flexibility index (Phi) is 8.78. The lowest BCUT2D eigenvalue weighted by Crippen LogP contribution is -2.29. The number of ether oxygens (including phenoxy) is 3. The van der Waals surface area contributed by atoms with Crippen LogP contribution in [0.15, 0.2) is 47.4 Å². The smallest absolute Gasteiger partial charge is 0.266 e. The maximum absolute atomic E-state index is 12.7. The van der Waals surface area contributed by atoms with Crippen LogP contribution in [0.4, 0.5) is 0 Å². The van der Waals surface area contributed by atoms with E-state index in [1.807, 2.05) is 55.5 Å². The molecule has 1 heterocycles. The van der Waals surface area contributed by atoms with E-state index in [-0.39, 0.29) is 5.91 Å². The van der Waals surface area contributed by atoms with Crippen molar-refractivity contribution < 1.29 is 19.0 Å². The average Bonchev–Trinajstić information content (AvgIpc) is 3.02. The van der Waals surface area contributed by atoms with Gasteiger partial charge in [-0.1, -0.05) is 53.8 Å². The molecule has 2 aromatic rings. The summed E-state index contributed by atoms with van der Waals surface area (Å²) in [4.78, 5) is 14.9. The summed E-state index contributed by atoms with van der Waals surface area (Å²) in [6, 6.07) is 13.1. The standard InChI is InChI=1S/C23H24ClNO4S2/c1-3-28-20-13-17(7-10-19(20)29-15-16-5-8-18(24)9-6-16)14-21-22(26)25(23(30)31-21)11-4-12-27-2/h5-10,13-14H,3-4,11-12,15H2,1-2H3/b21-14-. The van der Waals surface area contributed by atoms with Gasteiger partial charge in [-0.25, -0.2) is 0 Å². The highest BCUT2D eigenvalue weighted by molar-refractivity contribution is 8.26. The second kappa shape index (κ2) is 11.5. The first kappa shape index (κ1) is 23.6. The Morgan fingerprint density at radius 1 is 1.13 bits per heavy atom. The zero-order chi connectivity index (χ0) is 22.2. The summed E-state index contributed by atoms with van der Waals surface area (Å²) in [5, 5.41) is 0.687. The lowest BCUT2D eigenvalue weighted by atomic mass is 10.1. The fourth-order valence-electron chi connectivity index (χ4n) is 2.95. The fourth-order valence-corrected chi connectivity index (χ4v) is 4.39. The maximum atomic E-state index is 12.7. The molecular weight excluding hydrogens is 454 g/mol. The van der Waals surface area contributed by atoms with Crippen molar-refractivity contribution in [2.45, 2.75) is 20.0 Å². The molecule has 0 N–H and O–H groups in total. The zero-order valence-electron chi connectivity index (χ0n) is 17.4. The lowest BCUT2D eigenvalue weighted by Gasteiger charge is -2.14. The third kappa shape index (κ3) is 6.46. The van der Waals surface area contributed by atoms with Gasteiger partial charge in [0, 0.05) is 25.3 Å². The number of hydrogen-bond donors (Lipinski definition) is 0. The van der Waals surface area contributed by atoms with Crippen LogP contribution in [-0.2, 0) is 16.1 Å². The largest absolute Gasteiger partial charge is 0.490 e. The van der Waals surface area contributed by atoms with Crippen LogP contribution in [0.5, 0.6) is 11.5 Å². The van der Waals surface area contributed by atoms with E-state index in [1.54, 1.807) is 12.0 Å². The SMILES string of the molecule is CCOc1cc(/C=C2\SC(=S)N(CCCOC)C2=O)ccc1OCc1ccc(Cl)cc1. The molecule has 1 saturated heterocycles. The van der Waals surface area contributed by atoms with Gasteiger partial charge < -0.3 is 14.2 Å². The molecule has 164 valence electrons. The summed E-state index contributed by atoms with van der Waals surface area (Å²) in [6.07, 6.45) is 2.57.